The Labute approximate surface area is 158 Å². The number of hydrogen-bond donors (Lipinski definition) is 1. The highest BCUT2D eigenvalue weighted by atomic mass is 19.1. The molecule has 0 bridgehead atoms. The molecule has 0 heterocycles. The lowest BCUT2D eigenvalue weighted by Gasteiger charge is -2.59. The lowest BCUT2D eigenvalue weighted by molar-refractivity contribution is -0.132. The fourth-order valence-corrected chi connectivity index (χ4v) is 6.99. The van der Waals surface area contributed by atoms with Crippen LogP contribution in [0.15, 0.2) is 23.8 Å². The van der Waals surface area contributed by atoms with Crippen LogP contribution in [0.25, 0.3) is 0 Å². The van der Waals surface area contributed by atoms with Gasteiger partial charge in [0.2, 0.25) is 0 Å². The first kappa shape index (κ1) is 19.0. The summed E-state index contributed by atoms with van der Waals surface area (Å²) in [5.41, 5.74) is -3.01. The quantitative estimate of drug-likeness (QED) is 0.745. The molecule has 1 N–H and O–H groups in total. The Kier molecular flexibility index (Phi) is 4.09. The number of ketones is 2. The Morgan fingerprint density at radius 1 is 1.26 bits per heavy atom. The number of alkyl halides is 2. The lowest BCUT2D eigenvalue weighted by atomic mass is 9.47. The van der Waals surface area contributed by atoms with Crippen LogP contribution in [0, 0.1) is 34.5 Å². The normalized spacial score (nSPS) is 51.3. The molecule has 3 nitrogen and oxygen atoms in total. The molecule has 0 aliphatic heterocycles. The Bertz CT molecular complexity index is 759. The highest BCUT2D eigenvalue weighted by Gasteiger charge is 2.68. The van der Waals surface area contributed by atoms with Gasteiger partial charge < -0.3 is 5.11 Å². The third kappa shape index (κ3) is 2.27. The predicted molar refractivity (Wildman–Crippen MR) is 97.4 cm³/mol. The van der Waals surface area contributed by atoms with E-state index in [0.29, 0.717) is 18.4 Å². The van der Waals surface area contributed by atoms with Gasteiger partial charge in [-0.15, -0.1) is 0 Å². The standard InChI is InChI=1S/C22H28F2O3/c1-12-8-14-15-10-17(23)16-9-13(26)4-5-21(16,3)22(15,24)7-6-20(14,2)19(12)18(27)11-25/h6-7,9,12,14-15,17,19,25H,4-5,8,10-11H2,1-3H3/t12-,14+,15+,17+,19-,20+,21+,22-/m1/s1. The number of carbonyl (C=O) groups excluding carboxylic acids is 2. The zero-order valence-corrected chi connectivity index (χ0v) is 16.2. The smallest absolute Gasteiger partial charge is 0.162 e. The predicted octanol–water partition coefficient (Wildman–Crippen LogP) is 3.76. The van der Waals surface area contributed by atoms with Crippen molar-refractivity contribution in [3.63, 3.8) is 0 Å². The van der Waals surface area contributed by atoms with Crippen molar-refractivity contribution in [3.8, 4) is 0 Å². The Hall–Kier alpha value is -1.36. The van der Waals surface area contributed by atoms with Crippen molar-refractivity contribution in [1.29, 1.82) is 0 Å². The van der Waals surface area contributed by atoms with E-state index in [-0.39, 0.29) is 42.2 Å². The highest BCUT2D eigenvalue weighted by molar-refractivity contribution is 5.92. The maximum atomic E-state index is 16.6. The number of rotatable bonds is 2. The molecule has 0 unspecified atom stereocenters. The average molecular weight is 378 g/mol. The van der Waals surface area contributed by atoms with E-state index >= 15 is 8.78 Å². The maximum Gasteiger partial charge on any atom is 0.162 e. The molecule has 5 heteroatoms. The molecule has 0 spiro atoms. The second kappa shape index (κ2) is 5.82. The van der Waals surface area contributed by atoms with Crippen LogP contribution in [0.4, 0.5) is 8.78 Å². The molecule has 0 aromatic rings. The third-order valence-electron chi connectivity index (χ3n) is 8.35. The SMILES string of the molecule is C[C@@H]1C[C@H]2[C@@H]3C[C@H](F)C4=CC(=O)CC[C@]4(C)[C@@]3(F)C=C[C@]2(C)[C@H]1C(=O)CO. The van der Waals surface area contributed by atoms with Gasteiger partial charge in [-0.05, 0) is 54.2 Å². The van der Waals surface area contributed by atoms with Gasteiger partial charge in [0.25, 0.3) is 0 Å². The summed E-state index contributed by atoms with van der Waals surface area (Å²) in [5, 5.41) is 9.42. The molecular weight excluding hydrogens is 350 g/mol. The first-order chi connectivity index (χ1) is 12.6. The van der Waals surface area contributed by atoms with Crippen molar-refractivity contribution < 1.29 is 23.5 Å². The number of carbonyl (C=O) groups is 2. The summed E-state index contributed by atoms with van der Waals surface area (Å²) in [5.74, 6) is -1.38. The zero-order valence-electron chi connectivity index (χ0n) is 16.2. The number of aliphatic hydroxyl groups excluding tert-OH is 1. The zero-order chi connectivity index (χ0) is 19.8. The van der Waals surface area contributed by atoms with Crippen molar-refractivity contribution in [1.82, 2.24) is 0 Å². The molecule has 4 rings (SSSR count). The summed E-state index contributed by atoms with van der Waals surface area (Å²) in [6, 6.07) is 0. The molecule has 4 aliphatic rings. The topological polar surface area (TPSA) is 54.4 Å². The maximum absolute atomic E-state index is 16.6. The van der Waals surface area contributed by atoms with Crippen molar-refractivity contribution in [2.24, 2.45) is 34.5 Å². The number of aliphatic hydroxyl groups is 1. The van der Waals surface area contributed by atoms with Gasteiger partial charge in [-0.2, -0.15) is 0 Å². The van der Waals surface area contributed by atoms with Gasteiger partial charge in [-0.25, -0.2) is 8.78 Å². The summed E-state index contributed by atoms with van der Waals surface area (Å²) in [6.45, 7) is 5.17. The van der Waals surface area contributed by atoms with Crippen molar-refractivity contribution in [2.45, 2.75) is 58.3 Å². The van der Waals surface area contributed by atoms with E-state index in [1.54, 1.807) is 13.0 Å². The van der Waals surface area contributed by atoms with E-state index in [2.05, 4.69) is 0 Å². The van der Waals surface area contributed by atoms with Crippen LogP contribution >= 0.6 is 0 Å². The van der Waals surface area contributed by atoms with Crippen LogP contribution in [0.2, 0.25) is 0 Å². The fourth-order valence-electron chi connectivity index (χ4n) is 6.99. The molecule has 148 valence electrons. The van der Waals surface area contributed by atoms with Gasteiger partial charge in [0, 0.05) is 23.7 Å². The molecule has 0 radical (unpaired) electrons. The minimum Gasteiger partial charge on any atom is -0.389 e. The second-order valence-corrected chi connectivity index (χ2v) is 9.60. The van der Waals surface area contributed by atoms with Gasteiger partial charge in [-0.1, -0.05) is 26.8 Å². The molecule has 2 saturated carbocycles. The molecule has 2 fully saturated rings. The van der Waals surface area contributed by atoms with Crippen LogP contribution in [-0.4, -0.2) is 35.1 Å². The van der Waals surface area contributed by atoms with Gasteiger partial charge in [-0.3, -0.25) is 9.59 Å². The Morgan fingerprint density at radius 3 is 2.63 bits per heavy atom. The van der Waals surface area contributed by atoms with Gasteiger partial charge in [0.1, 0.15) is 18.4 Å². The summed E-state index contributed by atoms with van der Waals surface area (Å²) >= 11 is 0. The first-order valence-corrected chi connectivity index (χ1v) is 10.0. The van der Waals surface area contributed by atoms with Crippen molar-refractivity contribution >= 4 is 11.6 Å². The summed E-state index contributed by atoms with van der Waals surface area (Å²) in [4.78, 5) is 24.3. The van der Waals surface area contributed by atoms with E-state index in [4.69, 9.17) is 0 Å². The van der Waals surface area contributed by atoms with Gasteiger partial charge >= 0.3 is 0 Å². The van der Waals surface area contributed by atoms with Gasteiger partial charge in [0.05, 0.1) is 0 Å². The third-order valence-corrected chi connectivity index (χ3v) is 8.35. The van der Waals surface area contributed by atoms with E-state index in [1.807, 2.05) is 19.9 Å². The fraction of sp³-hybridized carbons (Fsp3) is 0.727. The van der Waals surface area contributed by atoms with E-state index < -0.39 is 35.2 Å². The van der Waals surface area contributed by atoms with Crippen LogP contribution in [-0.2, 0) is 9.59 Å². The average Bonchev–Trinajstić information content (AvgIpc) is 2.89. The second-order valence-electron chi connectivity index (χ2n) is 9.60. The molecule has 4 aliphatic carbocycles. The lowest BCUT2D eigenvalue weighted by Crippen LogP contribution is -2.61. The van der Waals surface area contributed by atoms with Crippen molar-refractivity contribution in [2.75, 3.05) is 6.61 Å². The monoisotopic (exact) mass is 378 g/mol. The molecule has 0 amide bonds. The number of fused-ring (bicyclic) bond motifs is 5. The van der Waals surface area contributed by atoms with Crippen LogP contribution in [0.5, 0.6) is 0 Å². The largest absolute Gasteiger partial charge is 0.389 e. The highest BCUT2D eigenvalue weighted by Crippen LogP contribution is 2.68. The number of Topliss-reactive ketones (excluding diaryl/α,β-unsaturated/α-hetero) is 1. The Morgan fingerprint density at radius 2 is 1.96 bits per heavy atom. The summed E-state index contributed by atoms with van der Waals surface area (Å²) in [7, 11) is 0. The van der Waals surface area contributed by atoms with E-state index in [9.17, 15) is 14.7 Å². The molecule has 0 aromatic carbocycles. The minimum atomic E-state index is -1.72. The van der Waals surface area contributed by atoms with Crippen LogP contribution in [0.1, 0.15) is 46.5 Å². The number of allylic oxidation sites excluding steroid dienone is 4. The van der Waals surface area contributed by atoms with Crippen LogP contribution in [0.3, 0.4) is 0 Å². The summed E-state index contributed by atoms with van der Waals surface area (Å²) in [6.07, 6.45) is 4.65. The van der Waals surface area contributed by atoms with E-state index in [1.165, 1.54) is 6.08 Å². The van der Waals surface area contributed by atoms with Gasteiger partial charge in [0.15, 0.2) is 11.6 Å². The molecular formula is C22H28F2O3. The molecule has 0 aromatic heterocycles. The summed E-state index contributed by atoms with van der Waals surface area (Å²) < 4.78 is 31.8. The molecule has 27 heavy (non-hydrogen) atoms. The Balaban J connectivity index is 1.83. The minimum absolute atomic E-state index is 0.0161. The van der Waals surface area contributed by atoms with Crippen LogP contribution < -0.4 is 0 Å². The van der Waals surface area contributed by atoms with E-state index in [0.717, 1.165) is 0 Å². The van der Waals surface area contributed by atoms with Crippen molar-refractivity contribution in [3.05, 3.63) is 23.8 Å². The number of hydrogen-bond acceptors (Lipinski definition) is 3. The molecule has 0 saturated heterocycles. The first-order valence-electron chi connectivity index (χ1n) is 10.0. The number of halogens is 2. The molecule has 8 atom stereocenters.